The molecule has 1 aromatic carbocycles. The number of benzene rings is 1. The molecule has 0 bridgehead atoms. The first-order chi connectivity index (χ1) is 8.71. The van der Waals surface area contributed by atoms with Gasteiger partial charge in [0, 0.05) is 5.54 Å². The highest BCUT2D eigenvalue weighted by molar-refractivity contribution is 5.36. The number of nitrogens with two attached hydrogens (primary N) is 1. The summed E-state index contributed by atoms with van der Waals surface area (Å²) in [7, 11) is 0. The lowest BCUT2D eigenvalue weighted by Gasteiger charge is -2.39. The molecule has 0 aliphatic heterocycles. The molecule has 0 radical (unpaired) electrons. The fourth-order valence-electron chi connectivity index (χ4n) is 4.11. The molecule has 98 valence electrons. The van der Waals surface area contributed by atoms with Gasteiger partial charge in [-0.2, -0.15) is 0 Å². The second kappa shape index (κ2) is 4.70. The Balaban J connectivity index is 1.71. The number of rotatable bonds is 2. The van der Waals surface area contributed by atoms with E-state index in [1.165, 1.54) is 43.2 Å². The van der Waals surface area contributed by atoms with Gasteiger partial charge in [0.15, 0.2) is 0 Å². The summed E-state index contributed by atoms with van der Waals surface area (Å²) in [5, 5.41) is 0. The molecular formula is C17H25N. The average molecular weight is 243 g/mol. The van der Waals surface area contributed by atoms with Gasteiger partial charge in [-0.15, -0.1) is 0 Å². The smallest absolute Gasteiger partial charge is 0.0264 e. The molecule has 0 heterocycles. The minimum atomic E-state index is 0.0579. The molecule has 18 heavy (non-hydrogen) atoms. The van der Waals surface area contributed by atoms with Crippen LogP contribution in [-0.4, -0.2) is 5.54 Å². The molecule has 0 aromatic heterocycles. The molecule has 1 saturated carbocycles. The standard InChI is InChI=1S/C17H25N/c1-2-13-7-9-16(10-8-13)17(18)11-14-5-3-4-6-15(14)12-17/h3-6,13,16H,2,7-12,18H2,1H3. The highest BCUT2D eigenvalue weighted by atomic mass is 14.8. The van der Waals surface area contributed by atoms with Gasteiger partial charge >= 0.3 is 0 Å². The summed E-state index contributed by atoms with van der Waals surface area (Å²) in [4.78, 5) is 0. The molecule has 1 fully saturated rings. The molecular weight excluding hydrogens is 218 g/mol. The Kier molecular flexibility index (Phi) is 3.19. The molecule has 1 aromatic rings. The molecule has 0 saturated heterocycles. The maximum Gasteiger partial charge on any atom is 0.0264 e. The van der Waals surface area contributed by atoms with E-state index in [0.717, 1.165) is 24.7 Å². The third-order valence-corrected chi connectivity index (χ3v) is 5.39. The Labute approximate surface area is 111 Å². The normalized spacial score (nSPS) is 30.1. The summed E-state index contributed by atoms with van der Waals surface area (Å²) >= 11 is 0. The lowest BCUT2D eigenvalue weighted by molar-refractivity contribution is 0.176. The largest absolute Gasteiger partial charge is 0.324 e. The van der Waals surface area contributed by atoms with E-state index < -0.39 is 0 Å². The van der Waals surface area contributed by atoms with Gasteiger partial charge in [-0.1, -0.05) is 50.5 Å². The quantitative estimate of drug-likeness (QED) is 0.842. The van der Waals surface area contributed by atoms with Crippen molar-refractivity contribution in [3.8, 4) is 0 Å². The van der Waals surface area contributed by atoms with Crippen molar-refractivity contribution in [1.29, 1.82) is 0 Å². The average Bonchev–Trinajstić information content (AvgIpc) is 2.76. The third-order valence-electron chi connectivity index (χ3n) is 5.39. The Morgan fingerprint density at radius 2 is 1.61 bits per heavy atom. The lowest BCUT2D eigenvalue weighted by Crippen LogP contribution is -2.49. The van der Waals surface area contributed by atoms with Crippen LogP contribution in [0.4, 0.5) is 0 Å². The van der Waals surface area contributed by atoms with Crippen LogP contribution in [0.15, 0.2) is 24.3 Å². The number of hydrogen-bond donors (Lipinski definition) is 1. The van der Waals surface area contributed by atoms with Crippen LogP contribution in [0, 0.1) is 11.8 Å². The second-order valence-corrected chi connectivity index (χ2v) is 6.48. The molecule has 0 amide bonds. The highest BCUT2D eigenvalue weighted by Crippen LogP contribution is 2.42. The number of hydrogen-bond acceptors (Lipinski definition) is 1. The molecule has 1 heteroatoms. The summed E-state index contributed by atoms with van der Waals surface area (Å²) in [5.41, 5.74) is 9.82. The van der Waals surface area contributed by atoms with Crippen molar-refractivity contribution in [2.75, 3.05) is 0 Å². The molecule has 0 unspecified atom stereocenters. The zero-order chi connectivity index (χ0) is 12.6. The highest BCUT2D eigenvalue weighted by Gasteiger charge is 2.41. The summed E-state index contributed by atoms with van der Waals surface area (Å²) in [6.07, 6.45) is 9.05. The molecule has 0 spiro atoms. The second-order valence-electron chi connectivity index (χ2n) is 6.48. The van der Waals surface area contributed by atoms with Gasteiger partial charge in [-0.3, -0.25) is 0 Å². The van der Waals surface area contributed by atoms with Crippen molar-refractivity contribution in [1.82, 2.24) is 0 Å². The van der Waals surface area contributed by atoms with Crippen LogP contribution < -0.4 is 5.73 Å². The lowest BCUT2D eigenvalue weighted by atomic mass is 9.70. The monoisotopic (exact) mass is 243 g/mol. The van der Waals surface area contributed by atoms with E-state index in [0.29, 0.717) is 0 Å². The van der Waals surface area contributed by atoms with Gasteiger partial charge in [0.1, 0.15) is 0 Å². The van der Waals surface area contributed by atoms with E-state index in [9.17, 15) is 0 Å². The van der Waals surface area contributed by atoms with Crippen LogP contribution >= 0.6 is 0 Å². The maximum absolute atomic E-state index is 6.77. The topological polar surface area (TPSA) is 26.0 Å². The SMILES string of the molecule is CCC1CCC(C2(N)Cc3ccccc3C2)CC1. The van der Waals surface area contributed by atoms with Crippen molar-refractivity contribution in [3.63, 3.8) is 0 Å². The van der Waals surface area contributed by atoms with E-state index >= 15 is 0 Å². The van der Waals surface area contributed by atoms with Crippen LogP contribution in [0.2, 0.25) is 0 Å². The zero-order valence-electron chi connectivity index (χ0n) is 11.5. The van der Waals surface area contributed by atoms with Crippen molar-refractivity contribution in [2.45, 2.75) is 57.4 Å². The van der Waals surface area contributed by atoms with Gasteiger partial charge in [-0.25, -0.2) is 0 Å². The Hall–Kier alpha value is -0.820. The maximum atomic E-state index is 6.77. The van der Waals surface area contributed by atoms with Crippen LogP contribution in [0.1, 0.15) is 50.2 Å². The van der Waals surface area contributed by atoms with Crippen LogP contribution in [0.25, 0.3) is 0 Å². The first-order valence-corrected chi connectivity index (χ1v) is 7.57. The van der Waals surface area contributed by atoms with Gasteiger partial charge in [0.25, 0.3) is 0 Å². The minimum absolute atomic E-state index is 0.0579. The molecule has 2 aliphatic rings. The Morgan fingerprint density at radius 3 is 2.11 bits per heavy atom. The van der Waals surface area contributed by atoms with E-state index in [1.807, 2.05) is 0 Å². The zero-order valence-corrected chi connectivity index (χ0v) is 11.5. The Bertz CT molecular complexity index is 390. The molecule has 3 rings (SSSR count). The third kappa shape index (κ3) is 2.09. The summed E-state index contributed by atoms with van der Waals surface area (Å²) in [5.74, 6) is 1.71. The van der Waals surface area contributed by atoms with Crippen LogP contribution in [0.3, 0.4) is 0 Å². The fourth-order valence-corrected chi connectivity index (χ4v) is 4.11. The molecule has 2 aliphatic carbocycles. The van der Waals surface area contributed by atoms with Gasteiger partial charge in [0.2, 0.25) is 0 Å². The summed E-state index contributed by atoms with van der Waals surface area (Å²) in [6.45, 7) is 2.33. The first kappa shape index (κ1) is 12.2. The molecule has 2 N–H and O–H groups in total. The number of fused-ring (bicyclic) bond motifs is 1. The van der Waals surface area contributed by atoms with Crippen LogP contribution in [0.5, 0.6) is 0 Å². The van der Waals surface area contributed by atoms with Gasteiger partial charge in [-0.05, 0) is 48.6 Å². The summed E-state index contributed by atoms with van der Waals surface area (Å²) < 4.78 is 0. The van der Waals surface area contributed by atoms with Gasteiger partial charge in [0.05, 0.1) is 0 Å². The fraction of sp³-hybridized carbons (Fsp3) is 0.647. The van der Waals surface area contributed by atoms with Crippen molar-refractivity contribution < 1.29 is 0 Å². The van der Waals surface area contributed by atoms with E-state index in [1.54, 1.807) is 0 Å². The minimum Gasteiger partial charge on any atom is -0.324 e. The van der Waals surface area contributed by atoms with E-state index in [-0.39, 0.29) is 5.54 Å². The Morgan fingerprint density at radius 1 is 1.06 bits per heavy atom. The molecule has 1 nitrogen and oxygen atoms in total. The van der Waals surface area contributed by atoms with Crippen molar-refractivity contribution in [3.05, 3.63) is 35.4 Å². The van der Waals surface area contributed by atoms with E-state index in [2.05, 4.69) is 31.2 Å². The van der Waals surface area contributed by atoms with Crippen molar-refractivity contribution in [2.24, 2.45) is 17.6 Å². The molecule has 0 atom stereocenters. The van der Waals surface area contributed by atoms with Crippen LogP contribution in [-0.2, 0) is 12.8 Å². The summed E-state index contributed by atoms with van der Waals surface area (Å²) in [6, 6.07) is 8.83. The van der Waals surface area contributed by atoms with Crippen molar-refractivity contribution >= 4 is 0 Å². The predicted octanol–water partition coefficient (Wildman–Crippen LogP) is 3.70. The van der Waals surface area contributed by atoms with Gasteiger partial charge < -0.3 is 5.73 Å². The van der Waals surface area contributed by atoms with E-state index in [4.69, 9.17) is 5.73 Å². The first-order valence-electron chi connectivity index (χ1n) is 7.57. The predicted molar refractivity (Wildman–Crippen MR) is 76.5 cm³/mol.